The molecule has 8 heteroatoms. The van der Waals surface area contributed by atoms with E-state index in [9.17, 15) is 8.78 Å². The van der Waals surface area contributed by atoms with Gasteiger partial charge in [-0.25, -0.2) is 23.3 Å². The first-order chi connectivity index (χ1) is 12.4. The average Bonchev–Trinajstić information content (AvgIpc) is 3.13. The Kier molecular flexibility index (Phi) is 3.71. The molecule has 4 rings (SSSR count). The van der Waals surface area contributed by atoms with Crippen molar-refractivity contribution in [1.29, 1.82) is 0 Å². The van der Waals surface area contributed by atoms with Gasteiger partial charge in [0.25, 0.3) is 0 Å². The van der Waals surface area contributed by atoms with Crippen molar-refractivity contribution < 1.29 is 8.78 Å². The molecule has 0 aromatic carbocycles. The molecule has 1 unspecified atom stereocenters. The third-order valence-corrected chi connectivity index (χ3v) is 4.96. The number of rotatable bonds is 4. The van der Waals surface area contributed by atoms with Gasteiger partial charge in [0.2, 0.25) is 12.4 Å². The quantitative estimate of drug-likeness (QED) is 0.771. The molecule has 1 aliphatic rings. The number of aromatic nitrogens is 4. The number of fused-ring (bicyclic) bond motifs is 2. The monoisotopic (exact) mass is 356 g/mol. The molecule has 0 bridgehead atoms. The number of halogens is 2. The summed E-state index contributed by atoms with van der Waals surface area (Å²) in [4.78, 5) is 13.4. The van der Waals surface area contributed by atoms with Crippen LogP contribution in [0.4, 0.5) is 20.4 Å². The summed E-state index contributed by atoms with van der Waals surface area (Å²) in [5.41, 5.74) is 3.40. The first-order valence-electron chi connectivity index (χ1n) is 8.30. The lowest BCUT2D eigenvalue weighted by atomic mass is 9.80. The van der Waals surface area contributed by atoms with E-state index < -0.39 is 11.8 Å². The molecule has 1 atom stereocenters. The highest BCUT2D eigenvalue weighted by molar-refractivity contribution is 5.99. The van der Waals surface area contributed by atoms with Crippen LogP contribution < -0.4 is 5.32 Å². The fourth-order valence-electron chi connectivity index (χ4n) is 3.36. The van der Waals surface area contributed by atoms with E-state index in [1.54, 1.807) is 31.6 Å². The lowest BCUT2D eigenvalue weighted by Crippen LogP contribution is -2.31. The van der Waals surface area contributed by atoms with Gasteiger partial charge in [0.15, 0.2) is 0 Å². The van der Waals surface area contributed by atoms with Crippen LogP contribution in [0.15, 0.2) is 35.6 Å². The maximum atomic E-state index is 13.1. The number of nitrogens with one attached hydrogen (secondary N) is 1. The molecule has 3 aromatic heterocycles. The Morgan fingerprint density at radius 3 is 2.81 bits per heavy atom. The second-order valence-corrected chi connectivity index (χ2v) is 6.58. The van der Waals surface area contributed by atoms with E-state index >= 15 is 0 Å². The molecule has 1 N–H and O–H groups in total. The summed E-state index contributed by atoms with van der Waals surface area (Å²) >= 11 is 0. The van der Waals surface area contributed by atoms with Crippen LogP contribution in [-0.4, -0.2) is 38.8 Å². The van der Waals surface area contributed by atoms with Gasteiger partial charge in [-0.15, -0.1) is 5.10 Å². The van der Waals surface area contributed by atoms with Crippen LogP contribution in [0.2, 0.25) is 0 Å². The largest absolute Gasteiger partial charge is 0.356 e. The van der Waals surface area contributed by atoms with Gasteiger partial charge in [0, 0.05) is 30.9 Å². The van der Waals surface area contributed by atoms with Crippen LogP contribution in [0.3, 0.4) is 0 Å². The Labute approximate surface area is 149 Å². The van der Waals surface area contributed by atoms with Crippen molar-refractivity contribution >= 4 is 22.9 Å². The van der Waals surface area contributed by atoms with Crippen molar-refractivity contribution in [3.05, 3.63) is 36.3 Å². The first kappa shape index (κ1) is 16.6. The molecule has 6 nitrogen and oxygen atoms in total. The Hall–Kier alpha value is -2.90. The molecule has 0 radical (unpaired) electrons. The minimum Gasteiger partial charge on any atom is -0.356 e. The lowest BCUT2D eigenvalue weighted by molar-refractivity contribution is 0.121. The molecule has 0 amide bonds. The highest BCUT2D eigenvalue weighted by Gasteiger charge is 2.41. The van der Waals surface area contributed by atoms with Gasteiger partial charge >= 0.3 is 0 Å². The maximum absolute atomic E-state index is 13.1. The summed E-state index contributed by atoms with van der Waals surface area (Å²) < 4.78 is 28.0. The molecular weight excluding hydrogens is 338 g/mol. The van der Waals surface area contributed by atoms with Crippen LogP contribution in [0.1, 0.15) is 26.0 Å². The number of pyridine rings is 1. The van der Waals surface area contributed by atoms with Crippen LogP contribution in [0.5, 0.6) is 0 Å². The normalized spacial score (nSPS) is 19.1. The zero-order chi connectivity index (χ0) is 18.5. The summed E-state index contributed by atoms with van der Waals surface area (Å²) in [5, 5.41) is 7.23. The fourth-order valence-corrected chi connectivity index (χ4v) is 3.36. The maximum Gasteiger partial charge on any atom is 0.240 e. The molecule has 1 aliphatic heterocycles. The van der Waals surface area contributed by atoms with Gasteiger partial charge < -0.3 is 5.32 Å². The van der Waals surface area contributed by atoms with Gasteiger partial charge in [-0.2, -0.15) is 0 Å². The Morgan fingerprint density at radius 1 is 1.27 bits per heavy atom. The number of hydrogen-bond acceptors (Lipinski definition) is 5. The van der Waals surface area contributed by atoms with Crippen molar-refractivity contribution in [3.63, 3.8) is 0 Å². The third kappa shape index (κ3) is 2.44. The van der Waals surface area contributed by atoms with Crippen LogP contribution in [0.25, 0.3) is 16.8 Å². The fraction of sp³-hybridized carbons (Fsp3) is 0.333. The number of aliphatic imine (C=N–C) groups is 1. The standard InChI is InChI=1S/C18H18F2N6/c1-10-18(2,8-15(19)20)16-13(23-10)5-4-12(24-16)11-6-7-26-14(11)9-22-17(21-3)25-26/h4-7,9,15H,8H2,1-3H3,(H,21,25). The van der Waals surface area contributed by atoms with E-state index in [1.165, 1.54) is 0 Å². The van der Waals surface area contributed by atoms with E-state index in [-0.39, 0.29) is 6.42 Å². The average molecular weight is 356 g/mol. The number of nitrogens with zero attached hydrogens (tertiary/aromatic N) is 5. The Bertz CT molecular complexity index is 1030. The van der Waals surface area contributed by atoms with Crippen LogP contribution in [-0.2, 0) is 5.41 Å². The molecule has 134 valence electrons. The summed E-state index contributed by atoms with van der Waals surface area (Å²) in [6.45, 7) is 3.56. The SMILES string of the molecule is CNc1ncc2c(-c3ccc4c(n3)C(C)(CC(F)F)C(C)=N4)ccn2n1. The Morgan fingerprint density at radius 2 is 2.08 bits per heavy atom. The minimum absolute atomic E-state index is 0.295. The first-order valence-corrected chi connectivity index (χ1v) is 8.30. The highest BCUT2D eigenvalue weighted by Crippen LogP contribution is 2.43. The second kappa shape index (κ2) is 5.82. The van der Waals surface area contributed by atoms with Crippen molar-refractivity contribution in [1.82, 2.24) is 19.6 Å². The third-order valence-electron chi connectivity index (χ3n) is 4.96. The zero-order valence-corrected chi connectivity index (χ0v) is 14.7. The van der Waals surface area contributed by atoms with Crippen molar-refractivity contribution in [2.45, 2.75) is 32.1 Å². The second-order valence-electron chi connectivity index (χ2n) is 6.58. The topological polar surface area (TPSA) is 67.5 Å². The molecule has 0 fully saturated rings. The molecule has 0 spiro atoms. The van der Waals surface area contributed by atoms with E-state index in [0.717, 1.165) is 11.1 Å². The van der Waals surface area contributed by atoms with Gasteiger partial charge in [0.1, 0.15) is 0 Å². The minimum atomic E-state index is -2.43. The molecule has 0 aliphatic carbocycles. The van der Waals surface area contributed by atoms with Crippen LogP contribution in [0, 0.1) is 0 Å². The van der Waals surface area contributed by atoms with E-state index in [1.807, 2.05) is 24.4 Å². The number of anilines is 1. The zero-order valence-electron chi connectivity index (χ0n) is 14.7. The van der Waals surface area contributed by atoms with Crippen molar-refractivity contribution in [3.8, 4) is 11.3 Å². The summed E-state index contributed by atoms with van der Waals surface area (Å²) in [6, 6.07) is 5.58. The number of hydrogen-bond donors (Lipinski definition) is 1. The van der Waals surface area contributed by atoms with Crippen LogP contribution >= 0.6 is 0 Å². The van der Waals surface area contributed by atoms with E-state index in [0.29, 0.717) is 28.7 Å². The van der Waals surface area contributed by atoms with Gasteiger partial charge in [-0.05, 0) is 32.0 Å². The predicted molar refractivity (Wildman–Crippen MR) is 96.5 cm³/mol. The molecule has 26 heavy (non-hydrogen) atoms. The molecule has 3 aromatic rings. The molecule has 0 saturated carbocycles. The van der Waals surface area contributed by atoms with Crippen molar-refractivity contribution in [2.24, 2.45) is 4.99 Å². The van der Waals surface area contributed by atoms with Crippen molar-refractivity contribution in [2.75, 3.05) is 12.4 Å². The molecular formula is C18H18F2N6. The Balaban J connectivity index is 1.82. The lowest BCUT2D eigenvalue weighted by Gasteiger charge is -2.24. The van der Waals surface area contributed by atoms with E-state index in [2.05, 4.69) is 20.4 Å². The predicted octanol–water partition coefficient (Wildman–Crippen LogP) is 3.85. The van der Waals surface area contributed by atoms with E-state index in [4.69, 9.17) is 4.98 Å². The summed E-state index contributed by atoms with van der Waals surface area (Å²) in [5.74, 6) is 0.509. The summed E-state index contributed by atoms with van der Waals surface area (Å²) in [7, 11) is 1.75. The molecule has 0 saturated heterocycles. The van der Waals surface area contributed by atoms with Gasteiger partial charge in [-0.1, -0.05) is 0 Å². The summed E-state index contributed by atoms with van der Waals surface area (Å²) in [6.07, 6.45) is 0.813. The molecule has 4 heterocycles. The highest BCUT2D eigenvalue weighted by atomic mass is 19.3. The number of alkyl halides is 2. The smallest absolute Gasteiger partial charge is 0.240 e. The van der Waals surface area contributed by atoms with Gasteiger partial charge in [0.05, 0.1) is 34.2 Å². The van der Waals surface area contributed by atoms with Gasteiger partial charge in [-0.3, -0.25) is 4.99 Å².